The van der Waals surface area contributed by atoms with Crippen molar-refractivity contribution in [2.75, 3.05) is 13.2 Å². The Labute approximate surface area is 152 Å². The summed E-state index contributed by atoms with van der Waals surface area (Å²) in [5, 5.41) is 0. The van der Waals surface area contributed by atoms with Gasteiger partial charge in [-0.05, 0) is 26.7 Å². The molecule has 0 rings (SSSR count). The second-order valence-electron chi connectivity index (χ2n) is 6.23. The van der Waals surface area contributed by atoms with E-state index in [0.717, 1.165) is 44.9 Å². The van der Waals surface area contributed by atoms with Gasteiger partial charge in [0.25, 0.3) is 0 Å². The molecule has 0 saturated heterocycles. The lowest BCUT2D eigenvalue weighted by Gasteiger charge is -2.05. The molecular formula is C20H34O5. The molecule has 0 fully saturated rings. The van der Waals surface area contributed by atoms with Gasteiger partial charge in [-0.1, -0.05) is 44.3 Å². The highest BCUT2D eigenvalue weighted by molar-refractivity contribution is 5.82. The van der Waals surface area contributed by atoms with Crippen LogP contribution in [0, 0.1) is 0 Å². The van der Waals surface area contributed by atoms with Crippen LogP contribution in [-0.4, -0.2) is 30.9 Å². The van der Waals surface area contributed by atoms with E-state index in [1.54, 1.807) is 6.92 Å². The zero-order valence-electron chi connectivity index (χ0n) is 15.9. The van der Waals surface area contributed by atoms with Gasteiger partial charge in [-0.25, -0.2) is 0 Å². The third kappa shape index (κ3) is 15.6. The highest BCUT2D eigenvalue weighted by atomic mass is 16.5. The average molecular weight is 354 g/mol. The molecule has 0 saturated carbocycles. The molecule has 0 aliphatic heterocycles. The predicted molar refractivity (Wildman–Crippen MR) is 98.2 cm³/mol. The van der Waals surface area contributed by atoms with Gasteiger partial charge in [0, 0.05) is 19.3 Å². The van der Waals surface area contributed by atoms with Gasteiger partial charge in [0.2, 0.25) is 0 Å². The van der Waals surface area contributed by atoms with Gasteiger partial charge in [-0.2, -0.15) is 0 Å². The fraction of sp³-hybridized carbons (Fsp3) is 0.750. The van der Waals surface area contributed by atoms with E-state index in [1.165, 1.54) is 0 Å². The number of hydrogen-bond donors (Lipinski definition) is 0. The Morgan fingerprint density at radius 2 is 1.16 bits per heavy atom. The standard InChI is InChI=1S/C20H34O5/c1-4-24-19(22)14-12-10-8-6-7-9-11-13-18(21)15-17(3)16-20(23)25-5-2/h3-16H2,1-2H3. The van der Waals surface area contributed by atoms with E-state index in [0.29, 0.717) is 31.6 Å². The fourth-order valence-corrected chi connectivity index (χ4v) is 2.55. The van der Waals surface area contributed by atoms with Gasteiger partial charge in [0.05, 0.1) is 19.6 Å². The van der Waals surface area contributed by atoms with Gasteiger partial charge < -0.3 is 9.47 Å². The smallest absolute Gasteiger partial charge is 0.309 e. The second kappa shape index (κ2) is 15.9. The molecule has 144 valence electrons. The summed E-state index contributed by atoms with van der Waals surface area (Å²) in [6.45, 7) is 8.15. The van der Waals surface area contributed by atoms with E-state index in [2.05, 4.69) is 6.58 Å². The van der Waals surface area contributed by atoms with E-state index in [9.17, 15) is 14.4 Å². The van der Waals surface area contributed by atoms with Crippen molar-refractivity contribution >= 4 is 17.7 Å². The molecule has 25 heavy (non-hydrogen) atoms. The van der Waals surface area contributed by atoms with Crippen LogP contribution in [0.1, 0.15) is 84.5 Å². The summed E-state index contributed by atoms with van der Waals surface area (Å²) in [7, 11) is 0. The Hall–Kier alpha value is -1.65. The zero-order valence-corrected chi connectivity index (χ0v) is 15.9. The van der Waals surface area contributed by atoms with Gasteiger partial charge in [-0.15, -0.1) is 0 Å². The van der Waals surface area contributed by atoms with Crippen LogP contribution in [0.3, 0.4) is 0 Å². The summed E-state index contributed by atoms with van der Waals surface area (Å²) >= 11 is 0. The lowest BCUT2D eigenvalue weighted by Crippen LogP contribution is -2.07. The maximum atomic E-state index is 11.8. The first-order valence-corrected chi connectivity index (χ1v) is 9.49. The van der Waals surface area contributed by atoms with E-state index >= 15 is 0 Å². The van der Waals surface area contributed by atoms with Crippen LogP contribution in [0.15, 0.2) is 12.2 Å². The second-order valence-corrected chi connectivity index (χ2v) is 6.23. The number of esters is 2. The first kappa shape index (κ1) is 23.4. The highest BCUT2D eigenvalue weighted by Crippen LogP contribution is 2.13. The molecule has 0 atom stereocenters. The molecule has 5 nitrogen and oxygen atoms in total. The summed E-state index contributed by atoms with van der Waals surface area (Å²) in [5.74, 6) is -0.280. The molecule has 0 aliphatic carbocycles. The lowest BCUT2D eigenvalue weighted by atomic mass is 10.0. The van der Waals surface area contributed by atoms with Crippen molar-refractivity contribution in [3.05, 3.63) is 12.2 Å². The number of unbranched alkanes of at least 4 members (excludes halogenated alkanes) is 6. The molecule has 0 N–H and O–H groups in total. The molecule has 0 bridgehead atoms. The average Bonchev–Trinajstić information content (AvgIpc) is 2.53. The highest BCUT2D eigenvalue weighted by Gasteiger charge is 2.09. The predicted octanol–water partition coefficient (Wildman–Crippen LogP) is 4.53. The van der Waals surface area contributed by atoms with Crippen molar-refractivity contribution in [2.45, 2.75) is 84.5 Å². The van der Waals surface area contributed by atoms with Crippen molar-refractivity contribution in [3.8, 4) is 0 Å². The minimum Gasteiger partial charge on any atom is -0.466 e. The van der Waals surface area contributed by atoms with Gasteiger partial charge in [-0.3, -0.25) is 14.4 Å². The first-order chi connectivity index (χ1) is 12.0. The van der Waals surface area contributed by atoms with Gasteiger partial charge >= 0.3 is 11.9 Å². The van der Waals surface area contributed by atoms with Crippen molar-refractivity contribution in [3.63, 3.8) is 0 Å². The van der Waals surface area contributed by atoms with Gasteiger partial charge in [0.15, 0.2) is 0 Å². The Kier molecular flexibility index (Phi) is 14.8. The normalized spacial score (nSPS) is 10.3. The SMILES string of the molecule is C=C(CC(=O)CCCCCCCCCC(=O)OCC)CC(=O)OCC. The van der Waals surface area contributed by atoms with Crippen molar-refractivity contribution < 1.29 is 23.9 Å². The molecule has 0 aromatic carbocycles. The number of ketones is 1. The summed E-state index contributed by atoms with van der Waals surface area (Å²) in [4.78, 5) is 34.3. The molecule has 0 aliphatic rings. The number of ether oxygens (including phenoxy) is 2. The first-order valence-electron chi connectivity index (χ1n) is 9.49. The quantitative estimate of drug-likeness (QED) is 0.231. The van der Waals surface area contributed by atoms with E-state index in [1.807, 2.05) is 6.92 Å². The molecule has 0 aromatic rings. The fourth-order valence-electron chi connectivity index (χ4n) is 2.55. The maximum absolute atomic E-state index is 11.8. The Bertz CT molecular complexity index is 414. The van der Waals surface area contributed by atoms with Crippen LogP contribution in [0.5, 0.6) is 0 Å². The maximum Gasteiger partial charge on any atom is 0.309 e. The summed E-state index contributed by atoms with van der Waals surface area (Å²) in [5.41, 5.74) is 0.630. The number of rotatable bonds is 16. The third-order valence-electron chi connectivity index (χ3n) is 3.79. The van der Waals surface area contributed by atoms with E-state index in [4.69, 9.17) is 9.47 Å². The molecule has 5 heteroatoms. The molecule has 0 spiro atoms. The number of carbonyl (C=O) groups is 3. The largest absolute Gasteiger partial charge is 0.466 e. The monoisotopic (exact) mass is 354 g/mol. The van der Waals surface area contributed by atoms with Crippen LogP contribution in [0.25, 0.3) is 0 Å². The van der Waals surface area contributed by atoms with Crippen molar-refractivity contribution in [1.29, 1.82) is 0 Å². The summed E-state index contributed by atoms with van der Waals surface area (Å²) < 4.78 is 9.72. The Morgan fingerprint density at radius 3 is 1.72 bits per heavy atom. The summed E-state index contributed by atoms with van der Waals surface area (Å²) in [6, 6.07) is 0. The van der Waals surface area contributed by atoms with Crippen LogP contribution in [0.4, 0.5) is 0 Å². The number of hydrogen-bond acceptors (Lipinski definition) is 5. The molecule has 0 aromatic heterocycles. The van der Waals surface area contributed by atoms with Crippen LogP contribution in [-0.2, 0) is 23.9 Å². The van der Waals surface area contributed by atoms with Gasteiger partial charge in [0.1, 0.15) is 5.78 Å². The van der Waals surface area contributed by atoms with Crippen LogP contribution in [0.2, 0.25) is 0 Å². The minimum atomic E-state index is -0.316. The number of carbonyl (C=O) groups excluding carboxylic acids is 3. The topological polar surface area (TPSA) is 69.7 Å². The molecular weight excluding hydrogens is 320 g/mol. The van der Waals surface area contributed by atoms with Crippen molar-refractivity contribution in [1.82, 2.24) is 0 Å². The van der Waals surface area contributed by atoms with E-state index < -0.39 is 0 Å². The lowest BCUT2D eigenvalue weighted by molar-refractivity contribution is -0.143. The van der Waals surface area contributed by atoms with Crippen molar-refractivity contribution in [2.24, 2.45) is 0 Å². The summed E-state index contributed by atoms with van der Waals surface area (Å²) in [6.07, 6.45) is 8.67. The molecule has 0 heterocycles. The van der Waals surface area contributed by atoms with Crippen LogP contribution < -0.4 is 0 Å². The third-order valence-corrected chi connectivity index (χ3v) is 3.79. The van der Waals surface area contributed by atoms with E-state index in [-0.39, 0.29) is 30.6 Å². The molecule has 0 unspecified atom stereocenters. The molecule has 0 amide bonds. The minimum absolute atomic E-state index is 0.106. The van der Waals surface area contributed by atoms with Crippen LogP contribution >= 0.6 is 0 Å². The zero-order chi connectivity index (χ0) is 18.9. The molecule has 0 radical (unpaired) electrons. The number of Topliss-reactive ketones (excluding diaryl/α,β-unsaturated/α-hetero) is 1. The Morgan fingerprint density at radius 1 is 0.680 bits per heavy atom. The Balaban J connectivity index is 3.47.